The van der Waals surface area contributed by atoms with Crippen LogP contribution in [0.2, 0.25) is 0 Å². The average Bonchev–Trinajstić information content (AvgIpc) is 2.42. The molecule has 0 fully saturated rings. The quantitative estimate of drug-likeness (QED) is 0.845. The van der Waals surface area contributed by atoms with Crippen LogP contribution in [0, 0.1) is 19.7 Å². The third-order valence-corrected chi connectivity index (χ3v) is 4.63. The highest BCUT2D eigenvalue weighted by Gasteiger charge is 2.20. The first kappa shape index (κ1) is 15.4. The van der Waals surface area contributed by atoms with E-state index in [1.54, 1.807) is 25.4 Å². The van der Waals surface area contributed by atoms with Crippen LogP contribution < -0.4 is 10.5 Å². The van der Waals surface area contributed by atoms with Gasteiger partial charge in [-0.15, -0.1) is 0 Å². The zero-order chi connectivity index (χ0) is 15.6. The van der Waals surface area contributed by atoms with Crippen LogP contribution in [0.25, 0.3) is 0 Å². The zero-order valence-electron chi connectivity index (χ0n) is 11.7. The topological polar surface area (TPSA) is 85.1 Å². The standard InChI is InChI=1S/C14H16FN3O2S/c1-9-3-4-17-7-11(9)8-18-21(19,20)14-6-13(16)10(2)5-12(14)15/h3-7,18H,8,16H2,1-2H3. The lowest BCUT2D eigenvalue weighted by atomic mass is 10.2. The number of nitrogens with one attached hydrogen (secondary N) is 1. The summed E-state index contributed by atoms with van der Waals surface area (Å²) in [5.74, 6) is -0.822. The van der Waals surface area contributed by atoms with Crippen LogP contribution in [0.4, 0.5) is 10.1 Å². The van der Waals surface area contributed by atoms with Crippen LogP contribution in [0.3, 0.4) is 0 Å². The van der Waals surface area contributed by atoms with Gasteiger partial charge in [-0.05, 0) is 48.7 Å². The van der Waals surface area contributed by atoms with Crippen LogP contribution in [0.1, 0.15) is 16.7 Å². The second kappa shape index (κ2) is 5.79. The molecule has 0 saturated heterocycles. The van der Waals surface area contributed by atoms with E-state index in [2.05, 4.69) is 9.71 Å². The number of sulfonamides is 1. The number of aryl methyl sites for hydroxylation is 2. The summed E-state index contributed by atoms with van der Waals surface area (Å²) in [4.78, 5) is 3.48. The molecule has 0 amide bonds. The van der Waals surface area contributed by atoms with Crippen molar-refractivity contribution in [2.24, 2.45) is 0 Å². The lowest BCUT2D eigenvalue weighted by Gasteiger charge is -2.11. The number of benzene rings is 1. The van der Waals surface area contributed by atoms with Gasteiger partial charge in [0.05, 0.1) is 0 Å². The molecule has 1 aromatic carbocycles. The Morgan fingerprint density at radius 1 is 1.29 bits per heavy atom. The molecule has 1 aromatic heterocycles. The summed E-state index contributed by atoms with van der Waals surface area (Å²) >= 11 is 0. The fourth-order valence-electron chi connectivity index (χ4n) is 1.81. The Kier molecular flexibility index (Phi) is 4.24. The van der Waals surface area contributed by atoms with E-state index in [4.69, 9.17) is 5.73 Å². The lowest BCUT2D eigenvalue weighted by molar-refractivity contribution is 0.556. The first-order valence-electron chi connectivity index (χ1n) is 6.26. The van der Waals surface area contributed by atoms with Crippen LogP contribution in [0.15, 0.2) is 35.5 Å². The molecule has 21 heavy (non-hydrogen) atoms. The summed E-state index contributed by atoms with van der Waals surface area (Å²) in [6.45, 7) is 3.49. The first-order chi connectivity index (χ1) is 9.81. The second-order valence-electron chi connectivity index (χ2n) is 4.77. The van der Waals surface area contributed by atoms with E-state index in [9.17, 15) is 12.8 Å². The van der Waals surface area contributed by atoms with Crippen LogP contribution in [-0.2, 0) is 16.6 Å². The predicted octanol–water partition coefficient (Wildman–Crippen LogP) is 1.90. The van der Waals surface area contributed by atoms with Crippen molar-refractivity contribution in [3.63, 3.8) is 0 Å². The molecule has 5 nitrogen and oxygen atoms in total. The van der Waals surface area contributed by atoms with Crippen molar-refractivity contribution in [2.75, 3.05) is 5.73 Å². The molecular formula is C14H16FN3O2S. The van der Waals surface area contributed by atoms with Crippen molar-refractivity contribution in [1.82, 2.24) is 9.71 Å². The van der Waals surface area contributed by atoms with Gasteiger partial charge in [0, 0.05) is 24.6 Å². The molecule has 0 radical (unpaired) electrons. The molecule has 7 heteroatoms. The van der Waals surface area contributed by atoms with E-state index in [1.807, 2.05) is 6.92 Å². The van der Waals surface area contributed by atoms with E-state index in [-0.39, 0.29) is 12.2 Å². The number of nitrogens with two attached hydrogens (primary N) is 1. The number of halogens is 1. The summed E-state index contributed by atoms with van der Waals surface area (Å²) < 4.78 is 40.5. The third-order valence-electron chi connectivity index (χ3n) is 3.21. The lowest BCUT2D eigenvalue weighted by Crippen LogP contribution is -2.25. The SMILES string of the molecule is Cc1cc(F)c(S(=O)(=O)NCc2cnccc2C)cc1N. The molecular weight excluding hydrogens is 293 g/mol. The fourth-order valence-corrected chi connectivity index (χ4v) is 2.91. The van der Waals surface area contributed by atoms with Gasteiger partial charge >= 0.3 is 0 Å². The Balaban J connectivity index is 2.27. The number of anilines is 1. The summed E-state index contributed by atoms with van der Waals surface area (Å²) in [6, 6.07) is 4.01. The summed E-state index contributed by atoms with van der Waals surface area (Å²) in [7, 11) is -3.98. The molecule has 0 bridgehead atoms. The van der Waals surface area contributed by atoms with Gasteiger partial charge in [-0.3, -0.25) is 4.98 Å². The van der Waals surface area contributed by atoms with Crippen LogP contribution in [0.5, 0.6) is 0 Å². The largest absolute Gasteiger partial charge is 0.398 e. The smallest absolute Gasteiger partial charge is 0.243 e. The second-order valence-corrected chi connectivity index (χ2v) is 6.50. The first-order valence-corrected chi connectivity index (χ1v) is 7.74. The van der Waals surface area contributed by atoms with E-state index >= 15 is 0 Å². The van der Waals surface area contributed by atoms with E-state index < -0.39 is 20.7 Å². The van der Waals surface area contributed by atoms with Crippen molar-refractivity contribution in [2.45, 2.75) is 25.3 Å². The number of nitrogens with zero attached hydrogens (tertiary/aromatic N) is 1. The normalized spacial score (nSPS) is 11.6. The summed E-state index contributed by atoms with van der Waals surface area (Å²) in [5, 5.41) is 0. The number of pyridine rings is 1. The Morgan fingerprint density at radius 2 is 2.00 bits per heavy atom. The third kappa shape index (κ3) is 3.37. The van der Waals surface area contributed by atoms with E-state index in [1.165, 1.54) is 0 Å². The van der Waals surface area contributed by atoms with Gasteiger partial charge in [-0.1, -0.05) is 0 Å². The molecule has 0 atom stereocenters. The molecule has 1 heterocycles. The molecule has 0 spiro atoms. The van der Waals surface area contributed by atoms with E-state index in [0.29, 0.717) is 5.56 Å². The molecule has 0 aliphatic rings. The maximum Gasteiger partial charge on any atom is 0.243 e. The van der Waals surface area contributed by atoms with Crippen molar-refractivity contribution in [3.05, 3.63) is 53.1 Å². The van der Waals surface area contributed by atoms with Gasteiger partial charge < -0.3 is 5.73 Å². The molecule has 2 aromatic rings. The fraction of sp³-hybridized carbons (Fsp3) is 0.214. The van der Waals surface area contributed by atoms with Gasteiger partial charge in [0.25, 0.3) is 0 Å². The van der Waals surface area contributed by atoms with Crippen LogP contribution in [-0.4, -0.2) is 13.4 Å². The van der Waals surface area contributed by atoms with Gasteiger partial charge in [-0.2, -0.15) is 0 Å². The van der Waals surface area contributed by atoms with Crippen LogP contribution >= 0.6 is 0 Å². The molecule has 112 valence electrons. The minimum Gasteiger partial charge on any atom is -0.398 e. The summed E-state index contributed by atoms with van der Waals surface area (Å²) in [6.07, 6.45) is 3.19. The van der Waals surface area contributed by atoms with Crippen molar-refractivity contribution < 1.29 is 12.8 Å². The molecule has 0 unspecified atom stereocenters. The van der Waals surface area contributed by atoms with Gasteiger partial charge in [0.15, 0.2) is 0 Å². The highest BCUT2D eigenvalue weighted by atomic mass is 32.2. The highest BCUT2D eigenvalue weighted by molar-refractivity contribution is 7.89. The number of hydrogen-bond acceptors (Lipinski definition) is 4. The maximum absolute atomic E-state index is 13.8. The molecule has 3 N–H and O–H groups in total. The van der Waals surface area contributed by atoms with Crippen molar-refractivity contribution in [3.8, 4) is 0 Å². The number of hydrogen-bond donors (Lipinski definition) is 2. The van der Waals surface area contributed by atoms with E-state index in [0.717, 1.165) is 23.3 Å². The maximum atomic E-state index is 13.8. The average molecular weight is 309 g/mol. The molecule has 0 aliphatic heterocycles. The monoisotopic (exact) mass is 309 g/mol. The number of rotatable bonds is 4. The molecule has 2 rings (SSSR count). The van der Waals surface area contributed by atoms with Gasteiger partial charge in [0.1, 0.15) is 10.7 Å². The van der Waals surface area contributed by atoms with Gasteiger partial charge in [0.2, 0.25) is 10.0 Å². The minimum absolute atomic E-state index is 0.0369. The Hall–Kier alpha value is -1.99. The summed E-state index contributed by atoms with van der Waals surface area (Å²) in [5.41, 5.74) is 8.00. The highest BCUT2D eigenvalue weighted by Crippen LogP contribution is 2.21. The van der Waals surface area contributed by atoms with Crippen molar-refractivity contribution >= 4 is 15.7 Å². The Morgan fingerprint density at radius 3 is 2.67 bits per heavy atom. The Labute approximate surface area is 123 Å². The zero-order valence-corrected chi connectivity index (χ0v) is 12.5. The number of aromatic nitrogens is 1. The Bertz CT molecular complexity index is 776. The molecule has 0 saturated carbocycles. The number of nitrogen functional groups attached to an aromatic ring is 1. The predicted molar refractivity (Wildman–Crippen MR) is 78.5 cm³/mol. The molecule has 0 aliphatic carbocycles. The minimum atomic E-state index is -3.98. The van der Waals surface area contributed by atoms with Gasteiger partial charge in [-0.25, -0.2) is 17.5 Å². The van der Waals surface area contributed by atoms with Crippen molar-refractivity contribution in [1.29, 1.82) is 0 Å².